The number of aromatic nitrogens is 2. The number of nitrogens with one attached hydrogen (secondary N) is 1. The summed E-state index contributed by atoms with van der Waals surface area (Å²) in [6.07, 6.45) is 5.00. The average molecular weight is 291 g/mol. The van der Waals surface area contributed by atoms with Gasteiger partial charge in [0.1, 0.15) is 0 Å². The van der Waals surface area contributed by atoms with E-state index in [4.69, 9.17) is 11.1 Å². The first kappa shape index (κ1) is 15.5. The summed E-state index contributed by atoms with van der Waals surface area (Å²) in [5.41, 5.74) is 5.40. The predicted molar refractivity (Wildman–Crippen MR) is 84.8 cm³/mol. The summed E-state index contributed by atoms with van der Waals surface area (Å²) in [6.45, 7) is 8.32. The van der Waals surface area contributed by atoms with Gasteiger partial charge in [-0.1, -0.05) is 20.8 Å². The van der Waals surface area contributed by atoms with Crippen molar-refractivity contribution in [3.63, 3.8) is 0 Å². The second kappa shape index (κ2) is 5.87. The lowest BCUT2D eigenvalue weighted by atomic mass is 9.79. The largest absolute Gasteiger partial charge is 0.387 e. The smallest absolute Gasteiger partial charge is 0.293 e. The van der Waals surface area contributed by atoms with Gasteiger partial charge in [-0.25, -0.2) is 4.98 Å². The number of piperidine rings is 1. The summed E-state index contributed by atoms with van der Waals surface area (Å²) in [6, 6.07) is 0. The fourth-order valence-electron chi connectivity index (χ4n) is 2.67. The van der Waals surface area contributed by atoms with Crippen LogP contribution < -0.4 is 16.2 Å². The Morgan fingerprint density at radius 2 is 2.10 bits per heavy atom. The minimum atomic E-state index is -0.248. The maximum atomic E-state index is 12.5. The molecular weight excluding hydrogens is 266 g/mol. The molecule has 2 heterocycles. The molecule has 0 aliphatic carbocycles. The molecule has 116 valence electrons. The Hall–Kier alpha value is -1.85. The van der Waals surface area contributed by atoms with Crippen LogP contribution in [0.2, 0.25) is 0 Å². The highest BCUT2D eigenvalue weighted by molar-refractivity contribution is 5.83. The van der Waals surface area contributed by atoms with Crippen molar-refractivity contribution in [1.82, 2.24) is 9.55 Å². The van der Waals surface area contributed by atoms with Gasteiger partial charge in [0.25, 0.3) is 5.56 Å². The minimum Gasteiger partial charge on any atom is -0.387 e. The van der Waals surface area contributed by atoms with E-state index in [1.807, 2.05) is 11.8 Å². The third-order valence-electron chi connectivity index (χ3n) is 4.27. The molecule has 0 bridgehead atoms. The van der Waals surface area contributed by atoms with Crippen molar-refractivity contribution >= 4 is 11.7 Å². The molecule has 6 nitrogen and oxygen atoms in total. The molecule has 0 atom stereocenters. The molecule has 0 amide bonds. The van der Waals surface area contributed by atoms with Gasteiger partial charge in [0.15, 0.2) is 5.82 Å². The van der Waals surface area contributed by atoms with Crippen LogP contribution in [0.3, 0.4) is 0 Å². The van der Waals surface area contributed by atoms with Gasteiger partial charge in [-0.2, -0.15) is 0 Å². The Labute approximate surface area is 125 Å². The van der Waals surface area contributed by atoms with Crippen LogP contribution in [0.5, 0.6) is 0 Å². The molecule has 0 saturated carbocycles. The molecule has 1 aromatic rings. The fourth-order valence-corrected chi connectivity index (χ4v) is 2.67. The summed E-state index contributed by atoms with van der Waals surface area (Å²) >= 11 is 0. The summed E-state index contributed by atoms with van der Waals surface area (Å²) in [4.78, 5) is 18.8. The Morgan fingerprint density at radius 3 is 2.62 bits per heavy atom. The van der Waals surface area contributed by atoms with Crippen molar-refractivity contribution in [3.05, 3.63) is 22.7 Å². The predicted octanol–water partition coefficient (Wildman–Crippen LogP) is 1.44. The number of amidine groups is 1. The van der Waals surface area contributed by atoms with Crippen molar-refractivity contribution in [2.24, 2.45) is 17.1 Å². The monoisotopic (exact) mass is 291 g/mol. The second-order valence-electron chi connectivity index (χ2n) is 6.56. The lowest BCUT2D eigenvalue weighted by molar-refractivity contribution is 0.349. The molecule has 3 N–H and O–H groups in total. The van der Waals surface area contributed by atoms with E-state index in [9.17, 15) is 4.79 Å². The van der Waals surface area contributed by atoms with E-state index in [2.05, 4.69) is 18.8 Å². The minimum absolute atomic E-state index is 0.0300. The van der Waals surface area contributed by atoms with Crippen molar-refractivity contribution in [2.45, 2.75) is 40.2 Å². The van der Waals surface area contributed by atoms with E-state index in [0.717, 1.165) is 12.8 Å². The third kappa shape index (κ3) is 3.25. The summed E-state index contributed by atoms with van der Waals surface area (Å²) in [5, 5.41) is 7.69. The Morgan fingerprint density at radius 1 is 1.48 bits per heavy atom. The van der Waals surface area contributed by atoms with Crippen LogP contribution in [-0.4, -0.2) is 28.5 Å². The van der Waals surface area contributed by atoms with Crippen LogP contribution >= 0.6 is 0 Å². The normalized spacial score (nSPS) is 18.0. The topological polar surface area (TPSA) is 88.0 Å². The van der Waals surface area contributed by atoms with E-state index in [0.29, 0.717) is 31.4 Å². The number of rotatable bonds is 4. The number of hydrogen-bond acceptors (Lipinski definition) is 4. The van der Waals surface area contributed by atoms with E-state index in [-0.39, 0.29) is 16.8 Å². The molecule has 1 aliphatic rings. The average Bonchev–Trinajstić information content (AvgIpc) is 2.42. The fraction of sp³-hybridized carbons (Fsp3) is 0.667. The molecule has 21 heavy (non-hydrogen) atoms. The molecule has 1 aromatic heterocycles. The van der Waals surface area contributed by atoms with Crippen LogP contribution in [0.1, 0.15) is 33.6 Å². The Balaban J connectivity index is 2.18. The number of nitrogens with zero attached hydrogens (tertiary/aromatic N) is 3. The lowest BCUT2D eigenvalue weighted by Crippen LogP contribution is -2.47. The SMILES string of the molecule is CC(C)Cn1ccnc(N2CCC(C)(C(=N)N)CC2)c1=O. The number of anilines is 1. The van der Waals surface area contributed by atoms with Crippen molar-refractivity contribution in [3.8, 4) is 0 Å². The zero-order chi connectivity index (χ0) is 15.6. The molecule has 0 aromatic carbocycles. The zero-order valence-electron chi connectivity index (χ0n) is 13.1. The highest BCUT2D eigenvalue weighted by Gasteiger charge is 2.34. The molecule has 1 aliphatic heterocycles. The lowest BCUT2D eigenvalue weighted by Gasteiger charge is -2.38. The van der Waals surface area contributed by atoms with E-state index >= 15 is 0 Å². The van der Waals surface area contributed by atoms with Crippen molar-refractivity contribution < 1.29 is 0 Å². The maximum Gasteiger partial charge on any atom is 0.293 e. The highest BCUT2D eigenvalue weighted by Crippen LogP contribution is 2.31. The first-order valence-corrected chi connectivity index (χ1v) is 7.48. The third-order valence-corrected chi connectivity index (χ3v) is 4.27. The Bertz CT molecular complexity index is 570. The van der Waals surface area contributed by atoms with Gasteiger partial charge in [0.2, 0.25) is 0 Å². The van der Waals surface area contributed by atoms with E-state index < -0.39 is 0 Å². The van der Waals surface area contributed by atoms with Gasteiger partial charge in [-0.05, 0) is 18.8 Å². The standard InChI is InChI=1S/C15H25N5O/c1-11(2)10-20-9-6-18-12(13(20)21)19-7-4-15(3,5-8-19)14(16)17/h6,9,11H,4-5,7-8,10H2,1-3H3,(H3,16,17). The van der Waals surface area contributed by atoms with E-state index in [1.165, 1.54) is 0 Å². The van der Waals surface area contributed by atoms with Gasteiger partial charge in [0, 0.05) is 37.4 Å². The van der Waals surface area contributed by atoms with Gasteiger partial charge < -0.3 is 15.2 Å². The van der Waals surface area contributed by atoms with Crippen molar-refractivity contribution in [2.75, 3.05) is 18.0 Å². The molecule has 0 radical (unpaired) electrons. The molecule has 6 heteroatoms. The van der Waals surface area contributed by atoms with Gasteiger partial charge in [0.05, 0.1) is 5.84 Å². The zero-order valence-corrected chi connectivity index (χ0v) is 13.1. The van der Waals surface area contributed by atoms with E-state index in [1.54, 1.807) is 17.0 Å². The second-order valence-corrected chi connectivity index (χ2v) is 6.56. The van der Waals surface area contributed by atoms with Crippen LogP contribution in [0, 0.1) is 16.7 Å². The molecule has 0 unspecified atom stereocenters. The number of hydrogen-bond donors (Lipinski definition) is 2. The molecule has 1 fully saturated rings. The molecular formula is C15H25N5O. The summed E-state index contributed by atoms with van der Waals surface area (Å²) < 4.78 is 1.73. The quantitative estimate of drug-likeness (QED) is 0.649. The van der Waals surface area contributed by atoms with Gasteiger partial charge >= 0.3 is 0 Å². The van der Waals surface area contributed by atoms with Crippen LogP contribution in [0.4, 0.5) is 5.82 Å². The Kier molecular flexibility index (Phi) is 4.34. The molecule has 2 rings (SSSR count). The van der Waals surface area contributed by atoms with Crippen LogP contribution in [0.25, 0.3) is 0 Å². The molecule has 0 spiro atoms. The maximum absolute atomic E-state index is 12.5. The summed E-state index contributed by atoms with van der Waals surface area (Å²) in [5.74, 6) is 1.17. The number of nitrogens with two attached hydrogens (primary N) is 1. The van der Waals surface area contributed by atoms with Crippen LogP contribution in [-0.2, 0) is 6.54 Å². The molecule has 1 saturated heterocycles. The first-order valence-electron chi connectivity index (χ1n) is 7.48. The van der Waals surface area contributed by atoms with Gasteiger partial charge in [-0.3, -0.25) is 10.2 Å². The van der Waals surface area contributed by atoms with Gasteiger partial charge in [-0.15, -0.1) is 0 Å². The van der Waals surface area contributed by atoms with Crippen molar-refractivity contribution in [1.29, 1.82) is 5.41 Å². The first-order chi connectivity index (χ1) is 9.83. The summed E-state index contributed by atoms with van der Waals surface area (Å²) in [7, 11) is 0. The highest BCUT2D eigenvalue weighted by atomic mass is 16.1. The van der Waals surface area contributed by atoms with Crippen LogP contribution in [0.15, 0.2) is 17.2 Å².